The van der Waals surface area contributed by atoms with E-state index < -0.39 is 36.6 Å². The molecule has 0 saturated carbocycles. The van der Waals surface area contributed by atoms with E-state index in [9.17, 15) is 27.6 Å². The minimum Gasteiger partial charge on any atom is -0.315 e. The second kappa shape index (κ2) is 11.6. The fourth-order valence-corrected chi connectivity index (χ4v) is 5.60. The van der Waals surface area contributed by atoms with Crippen LogP contribution in [0.5, 0.6) is 0 Å². The molecular weight excluding hydrogens is 577 g/mol. The van der Waals surface area contributed by atoms with Gasteiger partial charge in [-0.3, -0.25) is 23.7 Å². The molecule has 14 heteroatoms. The van der Waals surface area contributed by atoms with E-state index in [1.807, 2.05) is 19.9 Å². The molecule has 0 spiro atoms. The van der Waals surface area contributed by atoms with E-state index in [1.165, 1.54) is 22.6 Å². The van der Waals surface area contributed by atoms with Crippen molar-refractivity contribution < 1.29 is 27.6 Å². The first-order valence-corrected chi connectivity index (χ1v) is 13.7. The molecule has 0 radical (unpaired) electrons. The number of aryl methyl sites for hydroxylation is 2. The molecule has 3 atom stereocenters. The van der Waals surface area contributed by atoms with Gasteiger partial charge in [-0.25, -0.2) is 9.97 Å². The predicted octanol–water partition coefficient (Wildman–Crippen LogP) is 3.95. The van der Waals surface area contributed by atoms with Gasteiger partial charge in [0.2, 0.25) is 11.8 Å². The number of hydrogen-bond acceptors (Lipinski definition) is 7. The molecule has 1 aliphatic rings. The summed E-state index contributed by atoms with van der Waals surface area (Å²) in [7, 11) is 0. The maximum atomic E-state index is 13.9. The van der Waals surface area contributed by atoms with E-state index in [4.69, 9.17) is 6.42 Å². The van der Waals surface area contributed by atoms with Gasteiger partial charge in [-0.15, -0.1) is 6.42 Å². The van der Waals surface area contributed by atoms with Crippen molar-refractivity contribution in [3.05, 3.63) is 53.9 Å². The fourth-order valence-electron chi connectivity index (χ4n) is 5.60. The van der Waals surface area contributed by atoms with E-state index in [0.717, 1.165) is 22.9 Å². The van der Waals surface area contributed by atoms with E-state index in [2.05, 4.69) is 31.4 Å². The van der Waals surface area contributed by atoms with Crippen LogP contribution >= 0.6 is 0 Å². The molecule has 1 saturated heterocycles. The molecule has 228 valence electrons. The number of amides is 2. The molecule has 11 nitrogen and oxygen atoms in total. The molecule has 2 amide bonds. The summed E-state index contributed by atoms with van der Waals surface area (Å²) in [4.78, 5) is 49.6. The van der Waals surface area contributed by atoms with Crippen LogP contribution in [0.1, 0.15) is 42.1 Å². The number of rotatable bonds is 7. The summed E-state index contributed by atoms with van der Waals surface area (Å²) in [6.45, 7) is 5.19. The molecule has 0 aliphatic carbocycles. The molecule has 1 aliphatic heterocycles. The highest BCUT2D eigenvalue weighted by atomic mass is 19.4. The normalized spacial score (nSPS) is 18.4. The molecule has 5 rings (SSSR count). The van der Waals surface area contributed by atoms with E-state index in [-0.39, 0.29) is 36.2 Å². The Morgan fingerprint density at radius 3 is 2.45 bits per heavy atom. The quantitative estimate of drug-likeness (QED) is 0.249. The zero-order chi connectivity index (χ0) is 31.9. The zero-order valence-electron chi connectivity index (χ0n) is 24.4. The molecular formula is C30H29F3N8O3. The Hall–Kier alpha value is -5.06. The van der Waals surface area contributed by atoms with Crippen LogP contribution < -0.4 is 5.32 Å². The number of halogens is 3. The number of nitrogens with zero attached hydrogens (tertiary/aromatic N) is 7. The number of Topliss-reactive ketones (excluding diaryl/α,β-unsaturated/α-hetero) is 1. The van der Waals surface area contributed by atoms with Gasteiger partial charge in [0.15, 0.2) is 11.6 Å². The van der Waals surface area contributed by atoms with Crippen molar-refractivity contribution in [2.45, 2.75) is 65.5 Å². The van der Waals surface area contributed by atoms with E-state index in [0.29, 0.717) is 21.4 Å². The SMILES string of the molecule is C#C[C@@H]1[C@@H](C)C[C@@H](C(=O)Nc2ccn(CC(F)(F)F)n2)N1C(=O)Cn1nc(C(C)=O)c2cc(-c3cnc(C)nc3)cc(C)c21. The lowest BCUT2D eigenvalue weighted by Crippen LogP contribution is -2.48. The van der Waals surface area contributed by atoms with Gasteiger partial charge in [0.1, 0.15) is 30.6 Å². The van der Waals surface area contributed by atoms with Crippen LogP contribution in [-0.4, -0.2) is 70.3 Å². The van der Waals surface area contributed by atoms with Crippen molar-refractivity contribution in [1.82, 2.24) is 34.4 Å². The summed E-state index contributed by atoms with van der Waals surface area (Å²) in [5.74, 6) is 1.45. The number of aromatic nitrogens is 6. The summed E-state index contributed by atoms with van der Waals surface area (Å²) >= 11 is 0. The summed E-state index contributed by atoms with van der Waals surface area (Å²) in [6, 6.07) is 3.21. The molecule has 1 fully saturated rings. The smallest absolute Gasteiger partial charge is 0.315 e. The number of anilines is 1. The summed E-state index contributed by atoms with van der Waals surface area (Å²) in [6.07, 6.45) is 6.01. The Balaban J connectivity index is 1.44. The number of carbonyl (C=O) groups is 3. The van der Waals surface area contributed by atoms with Gasteiger partial charge < -0.3 is 10.2 Å². The second-order valence-corrected chi connectivity index (χ2v) is 10.9. The van der Waals surface area contributed by atoms with Crippen LogP contribution in [0.4, 0.5) is 19.0 Å². The second-order valence-electron chi connectivity index (χ2n) is 10.9. The van der Waals surface area contributed by atoms with Crippen molar-refractivity contribution in [1.29, 1.82) is 0 Å². The molecule has 44 heavy (non-hydrogen) atoms. The summed E-state index contributed by atoms with van der Waals surface area (Å²) < 4.78 is 40.3. The standard InChI is InChI=1S/C30H29F3N8O3/c1-6-23-16(2)10-24(29(44)36-25-7-8-39(37-25)15-30(31,32)33)41(23)26(43)14-40-28-17(3)9-20(21-12-34-19(5)35-13-21)11-22(28)27(38-40)18(4)42/h1,7-9,11-13,16,23-24H,10,14-15H2,2-5H3,(H,36,37,44)/t16-,23+,24-/m0/s1. The first kappa shape index (κ1) is 30.4. The fraction of sp³-hybridized carbons (Fsp3) is 0.367. The highest BCUT2D eigenvalue weighted by Crippen LogP contribution is 2.33. The van der Waals surface area contributed by atoms with Crippen molar-refractivity contribution in [3.8, 4) is 23.5 Å². The molecule has 0 unspecified atom stereocenters. The first-order chi connectivity index (χ1) is 20.8. The maximum absolute atomic E-state index is 13.9. The Morgan fingerprint density at radius 1 is 1.11 bits per heavy atom. The molecule has 0 bridgehead atoms. The average molecular weight is 607 g/mol. The Labute approximate surface area is 250 Å². The van der Waals surface area contributed by atoms with Gasteiger partial charge >= 0.3 is 6.18 Å². The Kier molecular flexibility index (Phi) is 7.98. The van der Waals surface area contributed by atoms with Crippen molar-refractivity contribution in [2.75, 3.05) is 5.32 Å². The van der Waals surface area contributed by atoms with Gasteiger partial charge in [-0.05, 0) is 49.4 Å². The number of nitrogens with one attached hydrogen (secondary N) is 1. The maximum Gasteiger partial charge on any atom is 0.408 e. The number of likely N-dealkylation sites (tertiary alicyclic amines) is 1. The molecule has 1 N–H and O–H groups in total. The Morgan fingerprint density at radius 2 is 1.82 bits per heavy atom. The third-order valence-corrected chi connectivity index (χ3v) is 7.53. The number of carbonyl (C=O) groups excluding carboxylic acids is 3. The lowest BCUT2D eigenvalue weighted by atomic mass is 10.0. The zero-order valence-corrected chi connectivity index (χ0v) is 24.4. The predicted molar refractivity (Wildman–Crippen MR) is 154 cm³/mol. The van der Waals surface area contributed by atoms with Crippen molar-refractivity contribution in [3.63, 3.8) is 0 Å². The van der Waals surface area contributed by atoms with Crippen LogP contribution in [-0.2, 0) is 22.7 Å². The van der Waals surface area contributed by atoms with Gasteiger partial charge in [-0.1, -0.05) is 12.8 Å². The van der Waals surface area contributed by atoms with Crippen LogP contribution in [0, 0.1) is 32.1 Å². The molecule has 1 aromatic carbocycles. The minimum absolute atomic E-state index is 0.0852. The monoisotopic (exact) mass is 606 g/mol. The van der Waals surface area contributed by atoms with Gasteiger partial charge in [0, 0.05) is 42.5 Å². The van der Waals surface area contributed by atoms with Crippen LogP contribution in [0.2, 0.25) is 0 Å². The van der Waals surface area contributed by atoms with Crippen molar-refractivity contribution >= 4 is 34.3 Å². The lowest BCUT2D eigenvalue weighted by Gasteiger charge is -2.27. The summed E-state index contributed by atoms with van der Waals surface area (Å²) in [5.41, 5.74) is 3.02. The number of terminal acetylenes is 1. The largest absolute Gasteiger partial charge is 0.408 e. The highest BCUT2D eigenvalue weighted by molar-refractivity contribution is 6.07. The molecule has 3 aromatic heterocycles. The van der Waals surface area contributed by atoms with E-state index in [1.54, 1.807) is 25.4 Å². The lowest BCUT2D eigenvalue weighted by molar-refractivity contribution is -0.142. The van der Waals surface area contributed by atoms with Crippen LogP contribution in [0.15, 0.2) is 36.8 Å². The number of fused-ring (bicyclic) bond motifs is 1. The first-order valence-electron chi connectivity index (χ1n) is 13.7. The third kappa shape index (κ3) is 6.03. The van der Waals surface area contributed by atoms with Gasteiger partial charge in [0.05, 0.1) is 11.6 Å². The van der Waals surface area contributed by atoms with Crippen LogP contribution in [0.25, 0.3) is 22.0 Å². The molecule has 4 aromatic rings. The minimum atomic E-state index is -4.48. The van der Waals surface area contributed by atoms with Crippen molar-refractivity contribution in [2.24, 2.45) is 5.92 Å². The Bertz CT molecular complexity index is 1800. The van der Waals surface area contributed by atoms with Gasteiger partial charge in [-0.2, -0.15) is 23.4 Å². The highest BCUT2D eigenvalue weighted by Gasteiger charge is 2.44. The number of benzene rings is 1. The number of ketones is 1. The third-order valence-electron chi connectivity index (χ3n) is 7.53. The topological polar surface area (TPSA) is 128 Å². The summed E-state index contributed by atoms with van der Waals surface area (Å²) in [5, 5.41) is 11.3. The number of hydrogen-bond donors (Lipinski definition) is 1. The van der Waals surface area contributed by atoms with E-state index >= 15 is 0 Å². The average Bonchev–Trinajstić information content (AvgIpc) is 3.63. The van der Waals surface area contributed by atoms with Crippen LogP contribution in [0.3, 0.4) is 0 Å². The number of alkyl halides is 3. The molecule has 4 heterocycles. The van der Waals surface area contributed by atoms with Gasteiger partial charge in [0.25, 0.3) is 0 Å².